The van der Waals surface area contributed by atoms with Gasteiger partial charge in [-0.1, -0.05) is 6.92 Å². The number of fused-ring (bicyclic) bond motifs is 1. The fraction of sp³-hybridized carbons (Fsp3) is 0.490. The zero-order valence-corrected chi connectivity index (χ0v) is 43.6. The van der Waals surface area contributed by atoms with Crippen LogP contribution in [0.15, 0.2) is 58.1 Å². The van der Waals surface area contributed by atoms with E-state index in [4.69, 9.17) is 9.72 Å². The van der Waals surface area contributed by atoms with E-state index < -0.39 is 36.5 Å². The molecule has 3 aromatic carbocycles. The van der Waals surface area contributed by atoms with Crippen LogP contribution in [0.3, 0.4) is 0 Å². The zero-order valence-electron chi connectivity index (χ0n) is 41.1. The van der Waals surface area contributed by atoms with Crippen LogP contribution in [0.2, 0.25) is 0 Å². The highest BCUT2D eigenvalue weighted by Crippen LogP contribution is 2.42. The summed E-state index contributed by atoms with van der Waals surface area (Å²) in [4.78, 5) is 55.9. The molecule has 5 aromatic rings. The van der Waals surface area contributed by atoms with Crippen molar-refractivity contribution < 1.29 is 27.7 Å². The number of hydrogen-bond donors (Lipinski definition) is 3. The average molecular weight is 1060 g/mol. The van der Waals surface area contributed by atoms with E-state index in [1.165, 1.54) is 28.1 Å². The van der Waals surface area contributed by atoms with E-state index in [0.29, 0.717) is 61.4 Å². The summed E-state index contributed by atoms with van der Waals surface area (Å²) in [6.45, 7) is 14.1. The van der Waals surface area contributed by atoms with Crippen LogP contribution < -0.4 is 41.4 Å². The molecular formula is C51H63BrF2N11O5P. The number of nitrogens with one attached hydrogen (secondary N) is 3. The first-order chi connectivity index (χ1) is 34.1. The van der Waals surface area contributed by atoms with Crippen molar-refractivity contribution in [1.29, 1.82) is 0 Å². The maximum Gasteiger partial charge on any atom is 0.274 e. The second-order valence-corrected chi connectivity index (χ2v) is 23.7. The van der Waals surface area contributed by atoms with Gasteiger partial charge in [-0.3, -0.25) is 24.6 Å². The van der Waals surface area contributed by atoms with Gasteiger partial charge in [-0.05, 0) is 123 Å². The highest BCUT2D eigenvalue weighted by molar-refractivity contribution is 9.10. The number of hydrogen-bond acceptors (Lipinski definition) is 14. The number of imide groups is 1. The van der Waals surface area contributed by atoms with Gasteiger partial charge in [-0.15, -0.1) is 0 Å². The minimum Gasteiger partial charge on any atom is -0.494 e. The summed E-state index contributed by atoms with van der Waals surface area (Å²) in [5, 5.41) is 14.6. The summed E-state index contributed by atoms with van der Waals surface area (Å²) in [5.74, 6) is -1.49. The Kier molecular flexibility index (Phi) is 15.1. The second kappa shape index (κ2) is 21.3. The van der Waals surface area contributed by atoms with Crippen LogP contribution in [0.4, 0.5) is 43.3 Å². The number of carbonyl (C=O) groups excluding carboxylic acids is 2. The third kappa shape index (κ3) is 11.0. The number of benzene rings is 3. The first kappa shape index (κ1) is 50.5. The molecule has 2 amide bonds. The minimum absolute atomic E-state index is 0.0668. The van der Waals surface area contributed by atoms with E-state index in [9.17, 15) is 18.9 Å². The Hall–Kier alpha value is -5.49. The standard InChI is InChI=1S/C51H63BrF2N11O5P/c1-6-32-25-42(58-51-55-30-38(52)48(60-51)57-41-9-7-35-37(47(41)71(4,5)69)29-56-61(2)50(35)68)44(70-3)28-43(32)65-19-14-33(15-20-65)64-23-21-62(22-24-64)16-11-31-12-17-63(18-13-31)34-26-39(53)46(40(54)27-34)36-8-10-45(66)59-49(36)67/h7,9,25-31,33,36H,6,8,10-24H2,1-5H3,(H,59,66,67)(H2,55,57,58,60). The quantitative estimate of drug-likeness (QED) is 0.0739. The van der Waals surface area contributed by atoms with Crippen molar-refractivity contribution in [2.45, 2.75) is 70.3 Å². The molecule has 1 atom stereocenters. The molecule has 9 rings (SSSR count). The van der Waals surface area contributed by atoms with Gasteiger partial charge in [0.1, 0.15) is 30.3 Å². The Labute approximate surface area is 421 Å². The zero-order chi connectivity index (χ0) is 50.1. The van der Waals surface area contributed by atoms with Crippen molar-refractivity contribution in [3.05, 3.63) is 86.4 Å². The fourth-order valence-corrected chi connectivity index (χ4v) is 12.7. The van der Waals surface area contributed by atoms with Crippen LogP contribution in [-0.2, 0) is 27.6 Å². The maximum absolute atomic E-state index is 15.2. The van der Waals surface area contributed by atoms with Gasteiger partial charge in [0, 0.05) is 112 Å². The van der Waals surface area contributed by atoms with Crippen LogP contribution in [0.5, 0.6) is 5.75 Å². The lowest BCUT2D eigenvalue weighted by Gasteiger charge is -2.44. The van der Waals surface area contributed by atoms with Crippen LogP contribution in [-0.4, -0.2) is 127 Å². The van der Waals surface area contributed by atoms with Crippen molar-refractivity contribution in [2.75, 3.05) is 99.8 Å². The second-order valence-electron chi connectivity index (χ2n) is 19.7. The molecule has 4 aliphatic heterocycles. The lowest BCUT2D eigenvalue weighted by molar-refractivity contribution is -0.134. The van der Waals surface area contributed by atoms with Gasteiger partial charge >= 0.3 is 0 Å². The Morgan fingerprint density at radius 1 is 0.859 bits per heavy atom. The topological polar surface area (TPSA) is 170 Å². The first-order valence-electron chi connectivity index (χ1n) is 24.7. The molecule has 0 aliphatic carbocycles. The van der Waals surface area contributed by atoms with Gasteiger partial charge in [0.15, 0.2) is 0 Å². The van der Waals surface area contributed by atoms with E-state index in [0.717, 1.165) is 103 Å². The molecule has 4 saturated heterocycles. The molecule has 0 saturated carbocycles. The number of anilines is 6. The number of ether oxygens (including phenoxy) is 1. The summed E-state index contributed by atoms with van der Waals surface area (Å²) in [6.07, 6.45) is 9.42. The minimum atomic E-state index is -2.90. The molecule has 0 spiro atoms. The molecule has 20 heteroatoms. The van der Waals surface area contributed by atoms with Gasteiger partial charge < -0.3 is 34.6 Å². The van der Waals surface area contributed by atoms with Crippen molar-refractivity contribution >= 4 is 85.5 Å². The number of halogens is 3. The predicted octanol–water partition coefficient (Wildman–Crippen LogP) is 7.48. The van der Waals surface area contributed by atoms with Gasteiger partial charge in [0.05, 0.1) is 40.5 Å². The SMILES string of the molecule is CCc1cc(Nc2ncc(Br)c(Nc3ccc4c(=O)n(C)ncc4c3P(C)(C)=O)n2)c(OC)cc1N1CCC(N2CCN(CCC3CCN(c4cc(F)c(C5CCC(=O)NC5=O)c(F)c4)CC3)CC2)CC1. The van der Waals surface area contributed by atoms with Crippen LogP contribution in [0.25, 0.3) is 10.8 Å². The Bertz CT molecular complexity index is 2910. The number of amides is 2. The summed E-state index contributed by atoms with van der Waals surface area (Å²) in [6, 6.07) is 10.9. The molecule has 2 aromatic heterocycles. The Morgan fingerprint density at radius 2 is 1.56 bits per heavy atom. The molecule has 4 aliphatic rings. The van der Waals surface area contributed by atoms with Crippen molar-refractivity contribution in [2.24, 2.45) is 13.0 Å². The number of aromatic nitrogens is 4. The van der Waals surface area contributed by atoms with Gasteiger partial charge in [0.25, 0.3) is 5.56 Å². The Morgan fingerprint density at radius 3 is 2.23 bits per heavy atom. The van der Waals surface area contributed by atoms with E-state index >= 15 is 8.78 Å². The Balaban J connectivity index is 0.758. The van der Waals surface area contributed by atoms with Crippen LogP contribution in [0, 0.1) is 17.6 Å². The summed E-state index contributed by atoms with van der Waals surface area (Å²) >= 11 is 3.58. The average Bonchev–Trinajstić information content (AvgIpc) is 3.35. The third-order valence-corrected chi connectivity index (χ3v) is 17.0. The number of methoxy groups -OCH3 is 1. The fourth-order valence-electron chi connectivity index (χ4n) is 10.9. The van der Waals surface area contributed by atoms with E-state index in [-0.39, 0.29) is 24.0 Å². The molecule has 71 heavy (non-hydrogen) atoms. The number of aryl methyl sites for hydroxylation is 2. The molecule has 6 heterocycles. The van der Waals surface area contributed by atoms with Crippen molar-refractivity contribution in [3.8, 4) is 5.75 Å². The molecule has 16 nitrogen and oxygen atoms in total. The van der Waals surface area contributed by atoms with E-state index in [2.05, 4.69) is 75.7 Å². The monoisotopic (exact) mass is 1060 g/mol. The molecule has 0 bridgehead atoms. The summed E-state index contributed by atoms with van der Waals surface area (Å²) in [7, 11) is 0.354. The van der Waals surface area contributed by atoms with Gasteiger partial charge in [0.2, 0.25) is 17.8 Å². The summed E-state index contributed by atoms with van der Waals surface area (Å²) in [5.41, 5.74) is 3.64. The highest BCUT2D eigenvalue weighted by atomic mass is 79.9. The van der Waals surface area contributed by atoms with Gasteiger partial charge in [-0.2, -0.15) is 10.1 Å². The lowest BCUT2D eigenvalue weighted by atomic mass is 9.89. The maximum atomic E-state index is 15.2. The molecule has 4 fully saturated rings. The number of carbonyl (C=O) groups is 2. The molecule has 3 N–H and O–H groups in total. The molecular weight excluding hydrogens is 996 g/mol. The number of rotatable bonds is 14. The lowest BCUT2D eigenvalue weighted by Crippen LogP contribution is -2.53. The van der Waals surface area contributed by atoms with E-state index in [1.807, 2.05) is 4.90 Å². The first-order valence-corrected chi connectivity index (χ1v) is 28.1. The van der Waals surface area contributed by atoms with Crippen LogP contribution >= 0.6 is 23.1 Å². The van der Waals surface area contributed by atoms with Crippen molar-refractivity contribution in [1.82, 2.24) is 34.9 Å². The van der Waals surface area contributed by atoms with Crippen LogP contribution in [0.1, 0.15) is 68.9 Å². The predicted molar refractivity (Wildman–Crippen MR) is 279 cm³/mol. The van der Waals surface area contributed by atoms with Gasteiger partial charge in [-0.25, -0.2) is 18.4 Å². The highest BCUT2D eigenvalue weighted by Gasteiger charge is 2.34. The smallest absolute Gasteiger partial charge is 0.274 e. The number of piperazine rings is 1. The molecule has 0 radical (unpaired) electrons. The number of nitrogens with zero attached hydrogens (tertiary/aromatic N) is 8. The van der Waals surface area contributed by atoms with E-state index in [1.54, 1.807) is 52.0 Å². The molecule has 378 valence electrons. The molecule has 1 unspecified atom stereocenters. The normalized spacial score (nSPS) is 19.1. The third-order valence-electron chi connectivity index (χ3n) is 14.9. The van der Waals surface area contributed by atoms with Crippen molar-refractivity contribution in [3.63, 3.8) is 0 Å². The summed E-state index contributed by atoms with van der Waals surface area (Å²) < 4.78 is 52.0. The largest absolute Gasteiger partial charge is 0.494 e. The number of piperidine rings is 3.